The molecule has 2 amide bonds. The van der Waals surface area contributed by atoms with Gasteiger partial charge in [0.05, 0.1) is 36.8 Å². The second kappa shape index (κ2) is 12.5. The van der Waals surface area contributed by atoms with Crippen LogP contribution in [0.5, 0.6) is 0 Å². The Morgan fingerprint density at radius 1 is 1.11 bits per heavy atom. The number of ether oxygens (including phenoxy) is 3. The van der Waals surface area contributed by atoms with Crippen LogP contribution in [-0.4, -0.2) is 89.7 Å². The number of anilines is 1. The summed E-state index contributed by atoms with van der Waals surface area (Å²) in [5.41, 5.74) is 3.01. The quantitative estimate of drug-likeness (QED) is 0.376. The van der Waals surface area contributed by atoms with E-state index in [1.807, 2.05) is 31.9 Å². The maximum atomic E-state index is 13.0. The summed E-state index contributed by atoms with van der Waals surface area (Å²) in [7, 11) is 3.43. The van der Waals surface area contributed by atoms with Gasteiger partial charge in [0, 0.05) is 44.2 Å². The lowest BCUT2D eigenvalue weighted by molar-refractivity contribution is -0.137. The Labute approximate surface area is 220 Å². The van der Waals surface area contributed by atoms with Crippen LogP contribution >= 0.6 is 11.3 Å². The molecule has 4 heterocycles. The number of amides is 2. The van der Waals surface area contributed by atoms with Gasteiger partial charge in [0.1, 0.15) is 12.3 Å². The van der Waals surface area contributed by atoms with Crippen molar-refractivity contribution in [2.24, 2.45) is 7.05 Å². The minimum absolute atomic E-state index is 0.0166. The van der Waals surface area contributed by atoms with E-state index in [4.69, 9.17) is 14.2 Å². The highest BCUT2D eigenvalue weighted by Gasteiger charge is 2.27. The first-order valence-corrected chi connectivity index (χ1v) is 13.2. The maximum absolute atomic E-state index is 13.0. The number of hydrogen-bond acceptors (Lipinski definition) is 9. The van der Waals surface area contributed by atoms with E-state index in [2.05, 4.69) is 20.4 Å². The van der Waals surface area contributed by atoms with E-state index in [1.165, 1.54) is 11.3 Å². The zero-order valence-electron chi connectivity index (χ0n) is 21.8. The normalized spacial score (nSPS) is 14.4. The van der Waals surface area contributed by atoms with Crippen LogP contribution in [0.2, 0.25) is 0 Å². The van der Waals surface area contributed by atoms with Crippen molar-refractivity contribution in [3.05, 3.63) is 33.4 Å². The van der Waals surface area contributed by atoms with Gasteiger partial charge in [0.15, 0.2) is 11.5 Å². The number of hydrogen-bond donors (Lipinski definition) is 1. The van der Waals surface area contributed by atoms with Gasteiger partial charge in [-0.25, -0.2) is 14.6 Å². The predicted octanol–water partition coefficient (Wildman–Crippen LogP) is 2.68. The summed E-state index contributed by atoms with van der Waals surface area (Å²) in [6, 6.07) is 1.97. The van der Waals surface area contributed by atoms with E-state index >= 15 is 0 Å². The molecular formula is C25H34N6O5S. The summed E-state index contributed by atoms with van der Waals surface area (Å²) in [4.78, 5) is 36.4. The van der Waals surface area contributed by atoms with E-state index in [9.17, 15) is 9.59 Å². The Morgan fingerprint density at radius 3 is 2.59 bits per heavy atom. The van der Waals surface area contributed by atoms with Crippen molar-refractivity contribution >= 4 is 40.0 Å². The number of likely N-dealkylation sites (tertiary alicyclic amines) is 1. The zero-order chi connectivity index (χ0) is 26.4. The molecule has 1 aliphatic heterocycles. The summed E-state index contributed by atoms with van der Waals surface area (Å²) in [5, 5.41) is 10.9. The second-order valence-electron chi connectivity index (χ2n) is 9.09. The van der Waals surface area contributed by atoms with Crippen LogP contribution in [0.3, 0.4) is 0 Å². The smallest absolute Gasteiger partial charge is 0.276 e. The molecule has 0 unspecified atom stereocenters. The molecule has 1 aliphatic rings. The minimum atomic E-state index is -0.293. The average Bonchev–Trinajstić information content (AvgIpc) is 3.49. The van der Waals surface area contributed by atoms with Crippen LogP contribution in [0.15, 0.2) is 11.4 Å². The first kappa shape index (κ1) is 27.1. The number of pyridine rings is 1. The number of nitrogens with one attached hydrogen (secondary N) is 1. The first-order chi connectivity index (χ1) is 17.9. The zero-order valence-corrected chi connectivity index (χ0v) is 22.6. The third-order valence-corrected chi connectivity index (χ3v) is 7.34. The Morgan fingerprint density at radius 2 is 1.84 bits per heavy atom. The fraction of sp³-hybridized carbons (Fsp3) is 0.560. The summed E-state index contributed by atoms with van der Waals surface area (Å²) in [6.07, 6.45) is 1.60. The first-order valence-electron chi connectivity index (χ1n) is 12.4. The van der Waals surface area contributed by atoms with Crippen LogP contribution in [0.4, 0.5) is 5.82 Å². The van der Waals surface area contributed by atoms with Gasteiger partial charge in [-0.3, -0.25) is 9.59 Å². The number of rotatable bonds is 11. The van der Waals surface area contributed by atoms with Crippen LogP contribution in [-0.2, 0) is 26.1 Å². The summed E-state index contributed by atoms with van der Waals surface area (Å²) in [5.74, 6) is 0.393. The number of thiazole rings is 1. The fourth-order valence-electron chi connectivity index (χ4n) is 4.42. The van der Waals surface area contributed by atoms with Gasteiger partial charge in [0.2, 0.25) is 5.91 Å². The topological polar surface area (TPSA) is 121 Å². The molecule has 11 nitrogen and oxygen atoms in total. The average molecular weight is 531 g/mol. The van der Waals surface area contributed by atoms with E-state index in [1.54, 1.807) is 17.2 Å². The molecule has 0 saturated carbocycles. The fourth-order valence-corrected chi connectivity index (χ4v) is 5.39. The molecule has 0 aliphatic carbocycles. The van der Waals surface area contributed by atoms with Gasteiger partial charge < -0.3 is 24.4 Å². The summed E-state index contributed by atoms with van der Waals surface area (Å²) < 4.78 is 17.4. The Hall–Kier alpha value is -2.93. The van der Waals surface area contributed by atoms with E-state index < -0.39 is 0 Å². The molecular weight excluding hydrogens is 496 g/mol. The SMILES string of the molecule is COCCOCCOCC(=O)N1CCC(c2nc(C(=O)Nc3nn(C)c4nc(C)cc(C)c34)cs2)CC1. The predicted molar refractivity (Wildman–Crippen MR) is 140 cm³/mol. The lowest BCUT2D eigenvalue weighted by Crippen LogP contribution is -2.40. The van der Waals surface area contributed by atoms with Crippen molar-refractivity contribution in [2.75, 3.05) is 58.6 Å². The number of nitrogens with zero attached hydrogens (tertiary/aromatic N) is 5. The van der Waals surface area contributed by atoms with Crippen LogP contribution < -0.4 is 5.32 Å². The molecule has 1 fully saturated rings. The number of piperidine rings is 1. The van der Waals surface area contributed by atoms with Gasteiger partial charge in [-0.1, -0.05) is 0 Å². The molecule has 0 spiro atoms. The van der Waals surface area contributed by atoms with Crippen molar-refractivity contribution in [2.45, 2.75) is 32.6 Å². The van der Waals surface area contributed by atoms with Gasteiger partial charge in [-0.2, -0.15) is 5.10 Å². The van der Waals surface area contributed by atoms with Crippen LogP contribution in [0, 0.1) is 13.8 Å². The highest BCUT2D eigenvalue weighted by molar-refractivity contribution is 7.10. The van der Waals surface area contributed by atoms with Crippen molar-refractivity contribution in [1.29, 1.82) is 0 Å². The largest absolute Gasteiger partial charge is 0.382 e. The van der Waals surface area contributed by atoms with Crippen molar-refractivity contribution in [1.82, 2.24) is 24.6 Å². The Bertz CT molecular complexity index is 1230. The summed E-state index contributed by atoms with van der Waals surface area (Å²) >= 11 is 1.48. The number of aryl methyl sites for hydroxylation is 3. The van der Waals surface area contributed by atoms with Gasteiger partial charge in [-0.05, 0) is 38.3 Å². The molecule has 37 heavy (non-hydrogen) atoms. The minimum Gasteiger partial charge on any atom is -0.382 e. The van der Waals surface area contributed by atoms with Crippen LogP contribution in [0.1, 0.15) is 45.5 Å². The summed E-state index contributed by atoms with van der Waals surface area (Å²) in [6.45, 7) is 7.12. The monoisotopic (exact) mass is 530 g/mol. The molecule has 3 aromatic rings. The number of carbonyl (C=O) groups is 2. The van der Waals surface area contributed by atoms with Gasteiger partial charge in [-0.15, -0.1) is 11.3 Å². The molecule has 0 aromatic carbocycles. The maximum Gasteiger partial charge on any atom is 0.276 e. The lowest BCUT2D eigenvalue weighted by Gasteiger charge is -2.31. The van der Waals surface area contributed by atoms with Crippen LogP contribution in [0.25, 0.3) is 11.0 Å². The number of methoxy groups -OCH3 is 1. The molecule has 200 valence electrons. The third kappa shape index (κ3) is 6.69. The van der Waals surface area contributed by atoms with Crippen molar-refractivity contribution in [3.63, 3.8) is 0 Å². The van der Waals surface area contributed by atoms with Crippen molar-refractivity contribution < 1.29 is 23.8 Å². The number of fused-ring (bicyclic) bond motifs is 1. The molecule has 12 heteroatoms. The molecule has 4 rings (SSSR count). The molecule has 3 aromatic heterocycles. The third-order valence-electron chi connectivity index (χ3n) is 6.33. The van der Waals surface area contributed by atoms with Gasteiger partial charge in [0.25, 0.3) is 5.91 Å². The van der Waals surface area contributed by atoms with E-state index in [-0.39, 0.29) is 24.3 Å². The molecule has 0 radical (unpaired) electrons. The Kier molecular flexibility index (Phi) is 9.19. The van der Waals surface area contributed by atoms with Gasteiger partial charge >= 0.3 is 0 Å². The van der Waals surface area contributed by atoms with E-state index in [0.717, 1.165) is 40.1 Å². The Balaban J connectivity index is 1.27. The molecule has 0 atom stereocenters. The highest BCUT2D eigenvalue weighted by atomic mass is 32.1. The molecule has 0 bridgehead atoms. The standard InChI is InChI=1S/C25H34N6O5S/c1-16-13-17(2)26-23-21(16)22(29-30(23)3)28-24(33)19-15-37-25(27-19)18-5-7-31(8-6-18)20(32)14-36-12-11-35-10-9-34-4/h13,15,18H,5-12,14H2,1-4H3,(H,28,29,33). The van der Waals surface area contributed by atoms with E-state index in [0.29, 0.717) is 51.0 Å². The number of carbonyl (C=O) groups excluding carboxylic acids is 2. The molecule has 1 N–H and O–H groups in total. The highest BCUT2D eigenvalue weighted by Crippen LogP contribution is 2.31. The number of aromatic nitrogens is 4. The lowest BCUT2D eigenvalue weighted by atomic mass is 9.97. The van der Waals surface area contributed by atoms with Crippen molar-refractivity contribution in [3.8, 4) is 0 Å². The second-order valence-corrected chi connectivity index (χ2v) is 9.98. The molecule has 1 saturated heterocycles.